The molecule has 0 aliphatic carbocycles. The number of unbranched alkanes of at least 4 members (excludes halogenated alkanes) is 1. The van der Waals surface area contributed by atoms with E-state index in [1.165, 1.54) is 0 Å². The zero-order valence-corrected chi connectivity index (χ0v) is 13.0. The lowest BCUT2D eigenvalue weighted by atomic mass is 9.98. The van der Waals surface area contributed by atoms with Crippen molar-refractivity contribution in [1.82, 2.24) is 0 Å². The number of anilines is 1. The second kappa shape index (κ2) is 6.74. The normalized spacial score (nSPS) is 15.3. The maximum atomic E-state index is 12.2. The number of fused-ring (bicyclic) bond motifs is 1. The molecule has 1 atom stereocenters. The van der Waals surface area contributed by atoms with Crippen LogP contribution in [0.3, 0.4) is 0 Å². The lowest BCUT2D eigenvalue weighted by molar-refractivity contribution is -0.114. The second-order valence-electron chi connectivity index (χ2n) is 5.54. The Morgan fingerprint density at radius 3 is 2.62 bits per heavy atom. The molecule has 0 fully saturated rings. The summed E-state index contributed by atoms with van der Waals surface area (Å²) in [6, 6.07) is 5.19. The SMILES string of the molecule is CCCCC(CC)CN1C(=O)C(=O)c2ccc(OC)cc21. The maximum Gasteiger partial charge on any atom is 0.299 e. The van der Waals surface area contributed by atoms with Gasteiger partial charge in [0.2, 0.25) is 0 Å². The van der Waals surface area contributed by atoms with Crippen LogP contribution in [0.15, 0.2) is 18.2 Å². The minimum atomic E-state index is -0.409. The number of Topliss-reactive ketones (excluding diaryl/α,β-unsaturated/α-hetero) is 1. The van der Waals surface area contributed by atoms with Crippen molar-refractivity contribution in [3.05, 3.63) is 23.8 Å². The molecule has 1 amide bonds. The fraction of sp³-hybridized carbons (Fsp3) is 0.529. The number of nitrogens with zero attached hydrogens (tertiary/aromatic N) is 1. The number of hydrogen-bond acceptors (Lipinski definition) is 3. The predicted octanol–water partition coefficient (Wildman–Crippen LogP) is 3.44. The van der Waals surface area contributed by atoms with Gasteiger partial charge in [-0.25, -0.2) is 0 Å². The third-order valence-electron chi connectivity index (χ3n) is 4.16. The molecule has 1 heterocycles. The summed E-state index contributed by atoms with van der Waals surface area (Å²) in [5, 5.41) is 0. The van der Waals surface area contributed by atoms with Crippen LogP contribution in [0.1, 0.15) is 49.9 Å². The topological polar surface area (TPSA) is 46.6 Å². The minimum absolute atomic E-state index is 0.405. The molecule has 2 rings (SSSR count). The minimum Gasteiger partial charge on any atom is -0.497 e. The van der Waals surface area contributed by atoms with E-state index in [-0.39, 0.29) is 0 Å². The van der Waals surface area contributed by atoms with Crippen molar-refractivity contribution in [2.45, 2.75) is 39.5 Å². The number of carbonyl (C=O) groups is 2. The maximum absolute atomic E-state index is 12.2. The van der Waals surface area contributed by atoms with Crippen LogP contribution in [-0.2, 0) is 4.79 Å². The van der Waals surface area contributed by atoms with Gasteiger partial charge in [-0.15, -0.1) is 0 Å². The highest BCUT2D eigenvalue weighted by molar-refractivity contribution is 6.52. The molecule has 0 bridgehead atoms. The van der Waals surface area contributed by atoms with E-state index in [4.69, 9.17) is 4.74 Å². The number of rotatable bonds is 7. The van der Waals surface area contributed by atoms with Gasteiger partial charge >= 0.3 is 0 Å². The monoisotopic (exact) mass is 289 g/mol. The van der Waals surface area contributed by atoms with Crippen molar-refractivity contribution < 1.29 is 14.3 Å². The first-order chi connectivity index (χ1) is 10.1. The molecule has 1 unspecified atom stereocenters. The van der Waals surface area contributed by atoms with E-state index >= 15 is 0 Å². The van der Waals surface area contributed by atoms with E-state index in [1.54, 1.807) is 30.2 Å². The molecule has 0 N–H and O–H groups in total. The van der Waals surface area contributed by atoms with Crippen LogP contribution in [-0.4, -0.2) is 25.3 Å². The van der Waals surface area contributed by atoms with E-state index < -0.39 is 11.7 Å². The number of ether oxygens (including phenoxy) is 1. The average molecular weight is 289 g/mol. The van der Waals surface area contributed by atoms with E-state index in [1.807, 2.05) is 0 Å². The average Bonchev–Trinajstić information content (AvgIpc) is 2.75. The molecule has 0 aromatic heterocycles. The fourth-order valence-electron chi connectivity index (χ4n) is 2.76. The number of methoxy groups -OCH3 is 1. The third kappa shape index (κ3) is 3.09. The highest BCUT2D eigenvalue weighted by Gasteiger charge is 2.36. The Labute approximate surface area is 126 Å². The Morgan fingerprint density at radius 1 is 1.24 bits per heavy atom. The quantitative estimate of drug-likeness (QED) is 0.722. The van der Waals surface area contributed by atoms with Crippen LogP contribution in [0.4, 0.5) is 5.69 Å². The molecule has 0 saturated heterocycles. The van der Waals surface area contributed by atoms with Crippen molar-refractivity contribution in [1.29, 1.82) is 0 Å². The number of hydrogen-bond donors (Lipinski definition) is 0. The van der Waals surface area contributed by atoms with Gasteiger partial charge in [0.25, 0.3) is 11.7 Å². The first kappa shape index (κ1) is 15.5. The summed E-state index contributed by atoms with van der Waals surface area (Å²) >= 11 is 0. The highest BCUT2D eigenvalue weighted by Crippen LogP contribution is 2.33. The van der Waals surface area contributed by atoms with Gasteiger partial charge < -0.3 is 9.64 Å². The van der Waals surface area contributed by atoms with Crippen molar-refractivity contribution in [3.8, 4) is 5.75 Å². The summed E-state index contributed by atoms with van der Waals surface area (Å²) in [7, 11) is 1.58. The smallest absolute Gasteiger partial charge is 0.299 e. The Balaban J connectivity index is 2.24. The van der Waals surface area contributed by atoms with Gasteiger partial charge in [-0.05, 0) is 24.5 Å². The molecule has 0 spiro atoms. The largest absolute Gasteiger partial charge is 0.497 e. The Hall–Kier alpha value is -1.84. The van der Waals surface area contributed by atoms with Gasteiger partial charge in [-0.2, -0.15) is 0 Å². The van der Waals surface area contributed by atoms with Gasteiger partial charge in [0.15, 0.2) is 0 Å². The van der Waals surface area contributed by atoms with Crippen LogP contribution < -0.4 is 9.64 Å². The first-order valence-electron chi connectivity index (χ1n) is 7.66. The summed E-state index contributed by atoms with van der Waals surface area (Å²) in [6.07, 6.45) is 4.40. The van der Waals surface area contributed by atoms with Gasteiger partial charge in [0.1, 0.15) is 5.75 Å². The fourth-order valence-corrected chi connectivity index (χ4v) is 2.76. The molecule has 1 aromatic carbocycles. The zero-order chi connectivity index (χ0) is 15.4. The first-order valence-corrected chi connectivity index (χ1v) is 7.66. The molecule has 0 saturated carbocycles. The molecular formula is C17H23NO3. The van der Waals surface area contributed by atoms with Crippen molar-refractivity contribution in [3.63, 3.8) is 0 Å². The molecule has 1 aliphatic heterocycles. The van der Waals surface area contributed by atoms with Gasteiger partial charge in [-0.1, -0.05) is 33.1 Å². The van der Waals surface area contributed by atoms with Crippen molar-refractivity contribution in [2.75, 3.05) is 18.6 Å². The van der Waals surface area contributed by atoms with Crippen LogP contribution >= 0.6 is 0 Å². The summed E-state index contributed by atoms with van der Waals surface area (Å²) < 4.78 is 5.21. The molecule has 4 nitrogen and oxygen atoms in total. The van der Waals surface area contributed by atoms with Gasteiger partial charge in [0.05, 0.1) is 18.4 Å². The summed E-state index contributed by atoms with van der Waals surface area (Å²) in [5.41, 5.74) is 1.19. The Kier molecular flexibility index (Phi) is 4.99. The summed E-state index contributed by atoms with van der Waals surface area (Å²) in [5.74, 6) is 0.285. The van der Waals surface area contributed by atoms with E-state index in [9.17, 15) is 9.59 Å². The predicted molar refractivity (Wildman–Crippen MR) is 83.0 cm³/mol. The lowest BCUT2D eigenvalue weighted by Gasteiger charge is -2.23. The number of benzene rings is 1. The van der Waals surface area contributed by atoms with Crippen LogP contribution in [0.2, 0.25) is 0 Å². The molecule has 21 heavy (non-hydrogen) atoms. The van der Waals surface area contributed by atoms with E-state index in [0.717, 1.165) is 25.7 Å². The Bertz CT molecular complexity index is 539. The zero-order valence-electron chi connectivity index (χ0n) is 13.0. The number of amides is 1. The van der Waals surface area contributed by atoms with Gasteiger partial charge in [0, 0.05) is 12.6 Å². The number of ketones is 1. The van der Waals surface area contributed by atoms with Gasteiger partial charge in [-0.3, -0.25) is 9.59 Å². The van der Waals surface area contributed by atoms with Crippen molar-refractivity contribution >= 4 is 17.4 Å². The van der Waals surface area contributed by atoms with Crippen molar-refractivity contribution in [2.24, 2.45) is 5.92 Å². The summed E-state index contributed by atoms with van der Waals surface area (Å²) in [4.78, 5) is 25.9. The van der Waals surface area contributed by atoms with Crippen LogP contribution in [0, 0.1) is 5.92 Å². The lowest BCUT2D eigenvalue weighted by Crippen LogP contribution is -2.34. The molecular weight excluding hydrogens is 266 g/mol. The third-order valence-corrected chi connectivity index (χ3v) is 4.16. The van der Waals surface area contributed by atoms with E-state index in [0.29, 0.717) is 29.5 Å². The second-order valence-corrected chi connectivity index (χ2v) is 5.54. The highest BCUT2D eigenvalue weighted by atomic mass is 16.5. The Morgan fingerprint density at radius 2 is 2.00 bits per heavy atom. The van der Waals surface area contributed by atoms with Crippen LogP contribution in [0.25, 0.3) is 0 Å². The molecule has 4 heteroatoms. The molecule has 1 aliphatic rings. The van der Waals surface area contributed by atoms with Crippen LogP contribution in [0.5, 0.6) is 5.75 Å². The standard InChI is InChI=1S/C17H23NO3/c1-4-6-7-12(5-2)11-18-15-10-13(21-3)8-9-14(15)16(19)17(18)20/h8-10,12H,4-7,11H2,1-3H3. The number of carbonyl (C=O) groups excluding carboxylic acids is 2. The summed E-state index contributed by atoms with van der Waals surface area (Å²) in [6.45, 7) is 4.91. The van der Waals surface area contributed by atoms with E-state index in [2.05, 4.69) is 13.8 Å². The molecule has 114 valence electrons. The molecule has 1 aromatic rings. The molecule has 0 radical (unpaired) electrons.